The minimum Gasteiger partial charge on any atom is -0.297 e. The van der Waals surface area contributed by atoms with Crippen molar-refractivity contribution in [2.24, 2.45) is 0 Å². The molecule has 2 heterocycles. The summed E-state index contributed by atoms with van der Waals surface area (Å²) in [5.74, 6) is 0. The van der Waals surface area contributed by atoms with Crippen LogP contribution in [-0.2, 0) is 12.7 Å². The molecule has 0 aliphatic rings. The second-order valence-electron chi connectivity index (χ2n) is 3.74. The smallest absolute Gasteiger partial charge is 0.297 e. The lowest BCUT2D eigenvalue weighted by atomic mass is 10.2. The number of aryl methyl sites for hydroxylation is 1. The molecule has 0 atom stereocenters. The number of carbonyl (C=O) groups is 1. The first kappa shape index (κ1) is 12.8. The van der Waals surface area contributed by atoms with Crippen LogP contribution in [0.5, 0.6) is 0 Å². The molecule has 2 rings (SSSR count). The van der Waals surface area contributed by atoms with Crippen LogP contribution in [0.15, 0.2) is 18.3 Å². The average Bonchev–Trinajstić information content (AvgIpc) is 2.86. The minimum atomic E-state index is -4.43. The lowest BCUT2D eigenvalue weighted by Gasteiger charge is -2.02. The Morgan fingerprint density at radius 1 is 1.50 bits per heavy atom. The van der Waals surface area contributed by atoms with E-state index in [-0.39, 0.29) is 6.54 Å². The van der Waals surface area contributed by atoms with Crippen molar-refractivity contribution in [1.29, 1.82) is 0 Å². The quantitative estimate of drug-likeness (QED) is 0.806. The molecule has 0 aliphatic heterocycles. The number of alkyl halides is 3. The molecule has 2 aromatic heterocycles. The average molecular weight is 274 g/mol. The van der Waals surface area contributed by atoms with E-state index in [9.17, 15) is 18.0 Å². The molecule has 0 radical (unpaired) electrons. The highest BCUT2D eigenvalue weighted by Crippen LogP contribution is 2.27. The molecular weight excluding hydrogens is 265 g/mol. The van der Waals surface area contributed by atoms with Crippen molar-refractivity contribution in [3.63, 3.8) is 0 Å². The molecule has 0 aromatic carbocycles. The van der Waals surface area contributed by atoms with Crippen LogP contribution < -0.4 is 0 Å². The van der Waals surface area contributed by atoms with E-state index in [1.54, 1.807) is 6.07 Å². The van der Waals surface area contributed by atoms with Crippen molar-refractivity contribution in [3.8, 4) is 0 Å². The third-order valence-electron chi connectivity index (χ3n) is 2.42. The van der Waals surface area contributed by atoms with E-state index in [4.69, 9.17) is 0 Å². The normalized spacial score (nSPS) is 11.8. The van der Waals surface area contributed by atoms with E-state index in [1.165, 1.54) is 22.2 Å². The maximum atomic E-state index is 12.4. The maximum absolute atomic E-state index is 12.4. The van der Waals surface area contributed by atoms with Gasteiger partial charge in [-0.25, -0.2) is 0 Å². The summed E-state index contributed by atoms with van der Waals surface area (Å²) in [5.41, 5.74) is -0.107. The Hall–Kier alpha value is -1.63. The molecule has 18 heavy (non-hydrogen) atoms. The zero-order chi connectivity index (χ0) is 13.3. The van der Waals surface area contributed by atoms with Crippen LogP contribution in [0.1, 0.15) is 25.8 Å². The fraction of sp³-hybridized carbons (Fsp3) is 0.273. The monoisotopic (exact) mass is 274 g/mol. The molecule has 96 valence electrons. The number of halogens is 3. The summed E-state index contributed by atoms with van der Waals surface area (Å²) >= 11 is 1.31. The first-order valence-electron chi connectivity index (χ1n) is 5.05. The molecule has 0 saturated carbocycles. The summed E-state index contributed by atoms with van der Waals surface area (Å²) in [7, 11) is 0. The number of aldehydes is 1. The standard InChI is InChI=1S/C11H9F3N2OS/c1-7-8(4-9(6-17)18-7)5-16-3-2-10(15-16)11(12,13)14/h2-4,6H,5H2,1H3. The summed E-state index contributed by atoms with van der Waals surface area (Å²) < 4.78 is 38.3. The van der Waals surface area contributed by atoms with Crippen LogP contribution in [0.3, 0.4) is 0 Å². The molecule has 0 unspecified atom stereocenters. The molecule has 0 spiro atoms. The predicted octanol–water partition coefficient (Wildman–Crippen LogP) is 3.13. The van der Waals surface area contributed by atoms with E-state index in [1.807, 2.05) is 6.92 Å². The molecular formula is C11H9F3N2OS. The van der Waals surface area contributed by atoms with E-state index < -0.39 is 11.9 Å². The fourth-order valence-corrected chi connectivity index (χ4v) is 2.39. The number of carbonyl (C=O) groups excluding carboxylic acids is 1. The van der Waals surface area contributed by atoms with Gasteiger partial charge in [0.15, 0.2) is 12.0 Å². The van der Waals surface area contributed by atoms with E-state index in [0.717, 1.165) is 22.8 Å². The Labute approximate surface area is 105 Å². The van der Waals surface area contributed by atoms with Crippen LogP contribution in [0, 0.1) is 6.92 Å². The van der Waals surface area contributed by atoms with Gasteiger partial charge in [-0.2, -0.15) is 18.3 Å². The SMILES string of the molecule is Cc1sc(C=O)cc1Cn1ccc(C(F)(F)F)n1. The van der Waals surface area contributed by atoms with Crippen molar-refractivity contribution in [1.82, 2.24) is 9.78 Å². The van der Waals surface area contributed by atoms with Crippen molar-refractivity contribution in [2.45, 2.75) is 19.6 Å². The highest BCUT2D eigenvalue weighted by Gasteiger charge is 2.33. The number of rotatable bonds is 3. The molecule has 3 nitrogen and oxygen atoms in total. The largest absolute Gasteiger partial charge is 0.435 e. The van der Waals surface area contributed by atoms with E-state index in [2.05, 4.69) is 5.10 Å². The summed E-state index contributed by atoms with van der Waals surface area (Å²) in [4.78, 5) is 12.1. The number of thiophene rings is 1. The predicted molar refractivity (Wildman–Crippen MR) is 60.8 cm³/mol. The first-order valence-corrected chi connectivity index (χ1v) is 5.87. The van der Waals surface area contributed by atoms with Gasteiger partial charge in [0.25, 0.3) is 0 Å². The Kier molecular flexibility index (Phi) is 3.25. The molecule has 0 saturated heterocycles. The summed E-state index contributed by atoms with van der Waals surface area (Å²) in [6.07, 6.45) is -2.42. The van der Waals surface area contributed by atoms with Crippen LogP contribution in [-0.4, -0.2) is 16.1 Å². The topological polar surface area (TPSA) is 34.9 Å². The number of hydrogen-bond donors (Lipinski definition) is 0. The molecule has 0 aliphatic carbocycles. The highest BCUT2D eigenvalue weighted by atomic mass is 32.1. The molecule has 0 amide bonds. The summed E-state index contributed by atoms with van der Waals surface area (Å²) in [6.45, 7) is 2.05. The molecule has 0 bridgehead atoms. The Bertz CT molecular complexity index is 571. The Morgan fingerprint density at radius 2 is 2.22 bits per heavy atom. The van der Waals surface area contributed by atoms with Crippen molar-refractivity contribution in [2.75, 3.05) is 0 Å². The van der Waals surface area contributed by atoms with Crippen molar-refractivity contribution >= 4 is 17.6 Å². The second kappa shape index (κ2) is 4.56. The van der Waals surface area contributed by atoms with Gasteiger partial charge in [0.05, 0.1) is 11.4 Å². The summed E-state index contributed by atoms with van der Waals surface area (Å²) in [6, 6.07) is 2.60. The summed E-state index contributed by atoms with van der Waals surface area (Å²) in [5, 5.41) is 3.46. The van der Waals surface area contributed by atoms with Crippen LogP contribution >= 0.6 is 11.3 Å². The number of hydrogen-bond acceptors (Lipinski definition) is 3. The minimum absolute atomic E-state index is 0.228. The molecule has 0 fully saturated rings. The van der Waals surface area contributed by atoms with Gasteiger partial charge >= 0.3 is 6.18 Å². The second-order valence-corrected chi connectivity index (χ2v) is 5.03. The zero-order valence-corrected chi connectivity index (χ0v) is 10.2. The van der Waals surface area contributed by atoms with Crippen molar-refractivity contribution in [3.05, 3.63) is 39.3 Å². The van der Waals surface area contributed by atoms with E-state index >= 15 is 0 Å². The fourth-order valence-electron chi connectivity index (χ4n) is 1.54. The molecule has 2 aromatic rings. The third-order valence-corrected chi connectivity index (χ3v) is 3.44. The number of nitrogens with zero attached hydrogens (tertiary/aromatic N) is 2. The van der Waals surface area contributed by atoms with E-state index in [0.29, 0.717) is 4.88 Å². The van der Waals surface area contributed by atoms with Crippen LogP contribution in [0.2, 0.25) is 0 Å². The van der Waals surface area contributed by atoms with Crippen molar-refractivity contribution < 1.29 is 18.0 Å². The molecule has 0 N–H and O–H groups in total. The van der Waals surface area contributed by atoms with Gasteiger partial charge in [-0.05, 0) is 24.6 Å². The van der Waals surface area contributed by atoms with Gasteiger partial charge < -0.3 is 0 Å². The Morgan fingerprint density at radius 3 is 2.72 bits per heavy atom. The third kappa shape index (κ3) is 2.61. The number of aromatic nitrogens is 2. The van der Waals surface area contributed by atoms with Gasteiger partial charge in [-0.15, -0.1) is 11.3 Å². The van der Waals surface area contributed by atoms with Crippen LogP contribution in [0.25, 0.3) is 0 Å². The first-order chi connectivity index (χ1) is 8.40. The van der Waals surface area contributed by atoms with Gasteiger partial charge in [-0.3, -0.25) is 9.48 Å². The Balaban J connectivity index is 2.21. The highest BCUT2D eigenvalue weighted by molar-refractivity contribution is 7.13. The van der Waals surface area contributed by atoms with Gasteiger partial charge in [0.2, 0.25) is 0 Å². The molecule has 7 heteroatoms. The lowest BCUT2D eigenvalue weighted by molar-refractivity contribution is -0.141. The zero-order valence-electron chi connectivity index (χ0n) is 9.36. The van der Waals surface area contributed by atoms with Gasteiger partial charge in [0, 0.05) is 11.1 Å². The lowest BCUT2D eigenvalue weighted by Crippen LogP contribution is -2.08. The maximum Gasteiger partial charge on any atom is 0.435 e. The van der Waals surface area contributed by atoms with Crippen LogP contribution in [0.4, 0.5) is 13.2 Å². The van der Waals surface area contributed by atoms with Gasteiger partial charge in [-0.1, -0.05) is 0 Å². The van der Waals surface area contributed by atoms with Gasteiger partial charge in [0.1, 0.15) is 0 Å².